The SMILES string of the molecule is CCC(C)c1ccccc1OCC(C)(N)C(=O)OC. The minimum atomic E-state index is -1.14. The first kappa shape index (κ1) is 15.5. The normalized spacial score (nSPS) is 15.4. The van der Waals surface area contributed by atoms with Crippen LogP contribution in [0, 0.1) is 0 Å². The highest BCUT2D eigenvalue weighted by atomic mass is 16.5. The second-order valence-electron chi connectivity index (χ2n) is 5.04. The maximum absolute atomic E-state index is 11.5. The molecule has 0 aromatic heterocycles. The summed E-state index contributed by atoms with van der Waals surface area (Å²) in [6, 6.07) is 7.83. The number of methoxy groups -OCH3 is 1. The van der Waals surface area contributed by atoms with Gasteiger partial charge in [-0.15, -0.1) is 0 Å². The Kier molecular flexibility index (Phi) is 5.36. The topological polar surface area (TPSA) is 61.5 Å². The second-order valence-corrected chi connectivity index (χ2v) is 5.04. The van der Waals surface area contributed by atoms with E-state index in [9.17, 15) is 4.79 Å². The van der Waals surface area contributed by atoms with Gasteiger partial charge in [-0.05, 0) is 30.9 Å². The zero-order valence-electron chi connectivity index (χ0n) is 12.1. The lowest BCUT2D eigenvalue weighted by Gasteiger charge is -2.23. The van der Waals surface area contributed by atoms with Crippen LogP contribution in [-0.4, -0.2) is 25.2 Å². The Balaban J connectivity index is 2.81. The van der Waals surface area contributed by atoms with E-state index in [0.717, 1.165) is 17.7 Å². The van der Waals surface area contributed by atoms with E-state index in [1.165, 1.54) is 7.11 Å². The zero-order chi connectivity index (χ0) is 14.5. The van der Waals surface area contributed by atoms with Crippen molar-refractivity contribution in [3.05, 3.63) is 29.8 Å². The van der Waals surface area contributed by atoms with E-state index >= 15 is 0 Å². The number of hydrogen-bond acceptors (Lipinski definition) is 4. The summed E-state index contributed by atoms with van der Waals surface area (Å²) in [4.78, 5) is 11.5. The Morgan fingerprint density at radius 2 is 2.05 bits per heavy atom. The largest absolute Gasteiger partial charge is 0.491 e. The Morgan fingerprint density at radius 3 is 2.63 bits per heavy atom. The summed E-state index contributed by atoms with van der Waals surface area (Å²) in [6.07, 6.45) is 1.03. The Labute approximate surface area is 114 Å². The van der Waals surface area contributed by atoms with Gasteiger partial charge < -0.3 is 15.2 Å². The van der Waals surface area contributed by atoms with Crippen molar-refractivity contribution in [1.82, 2.24) is 0 Å². The Morgan fingerprint density at radius 1 is 1.42 bits per heavy atom. The fraction of sp³-hybridized carbons (Fsp3) is 0.533. The lowest BCUT2D eigenvalue weighted by atomic mass is 9.97. The van der Waals surface area contributed by atoms with Gasteiger partial charge >= 0.3 is 5.97 Å². The lowest BCUT2D eigenvalue weighted by molar-refractivity contribution is -0.147. The number of rotatable bonds is 6. The monoisotopic (exact) mass is 265 g/mol. The summed E-state index contributed by atoms with van der Waals surface area (Å²) in [5.74, 6) is 0.698. The first-order valence-electron chi connectivity index (χ1n) is 6.51. The maximum atomic E-state index is 11.5. The molecule has 1 rings (SSSR count). The fourth-order valence-electron chi connectivity index (χ4n) is 1.76. The minimum absolute atomic E-state index is 0.0904. The van der Waals surface area contributed by atoms with Crippen LogP contribution < -0.4 is 10.5 Å². The van der Waals surface area contributed by atoms with Crippen LogP contribution in [-0.2, 0) is 9.53 Å². The summed E-state index contributed by atoms with van der Waals surface area (Å²) < 4.78 is 10.4. The van der Waals surface area contributed by atoms with Gasteiger partial charge in [-0.1, -0.05) is 32.0 Å². The van der Waals surface area contributed by atoms with Crippen molar-refractivity contribution < 1.29 is 14.3 Å². The third-order valence-corrected chi connectivity index (χ3v) is 3.24. The highest BCUT2D eigenvalue weighted by Gasteiger charge is 2.30. The third-order valence-electron chi connectivity index (χ3n) is 3.24. The summed E-state index contributed by atoms with van der Waals surface area (Å²) in [5, 5.41) is 0. The second kappa shape index (κ2) is 6.57. The lowest BCUT2D eigenvalue weighted by Crippen LogP contribution is -2.50. The molecule has 2 unspecified atom stereocenters. The number of carbonyl (C=O) groups excluding carboxylic acids is 1. The van der Waals surface area contributed by atoms with Crippen molar-refractivity contribution in [3.8, 4) is 5.75 Å². The molecule has 2 N–H and O–H groups in total. The molecule has 0 radical (unpaired) electrons. The van der Waals surface area contributed by atoms with E-state index in [4.69, 9.17) is 10.5 Å². The number of nitrogens with two attached hydrogens (primary N) is 1. The molecule has 0 saturated carbocycles. The Hall–Kier alpha value is -1.55. The predicted octanol–water partition coefficient (Wildman–Crippen LogP) is 2.47. The average Bonchev–Trinajstić information content (AvgIpc) is 2.43. The van der Waals surface area contributed by atoms with Gasteiger partial charge in [-0.2, -0.15) is 0 Å². The quantitative estimate of drug-likeness (QED) is 0.803. The molecule has 0 spiro atoms. The molecular formula is C15H23NO3. The third kappa shape index (κ3) is 3.96. The van der Waals surface area contributed by atoms with Crippen molar-refractivity contribution in [1.29, 1.82) is 0 Å². The molecular weight excluding hydrogens is 242 g/mol. The average molecular weight is 265 g/mol. The van der Waals surface area contributed by atoms with Crippen molar-refractivity contribution in [2.24, 2.45) is 5.73 Å². The van der Waals surface area contributed by atoms with Crippen molar-refractivity contribution >= 4 is 5.97 Å². The van der Waals surface area contributed by atoms with Gasteiger partial charge in [0, 0.05) is 0 Å². The standard InChI is InChI=1S/C15H23NO3/c1-5-11(2)12-8-6-7-9-13(12)19-10-15(3,16)14(17)18-4/h6-9,11H,5,10,16H2,1-4H3. The van der Waals surface area contributed by atoms with Gasteiger partial charge in [0.2, 0.25) is 0 Å². The molecule has 0 aliphatic rings. The maximum Gasteiger partial charge on any atom is 0.329 e. The molecule has 0 amide bonds. The van der Waals surface area contributed by atoms with Gasteiger partial charge in [0.1, 0.15) is 17.9 Å². The number of para-hydroxylation sites is 1. The molecule has 1 aromatic carbocycles. The van der Waals surface area contributed by atoms with Gasteiger partial charge in [0.25, 0.3) is 0 Å². The van der Waals surface area contributed by atoms with E-state index in [1.54, 1.807) is 6.92 Å². The first-order valence-corrected chi connectivity index (χ1v) is 6.51. The van der Waals surface area contributed by atoms with E-state index in [0.29, 0.717) is 5.92 Å². The van der Waals surface area contributed by atoms with Gasteiger partial charge in [0.15, 0.2) is 0 Å². The highest BCUT2D eigenvalue weighted by molar-refractivity contribution is 5.80. The molecule has 2 atom stereocenters. The van der Waals surface area contributed by atoms with Crippen LogP contribution in [0.4, 0.5) is 0 Å². The molecule has 106 valence electrons. The molecule has 19 heavy (non-hydrogen) atoms. The molecule has 0 saturated heterocycles. The van der Waals surface area contributed by atoms with Gasteiger partial charge in [0.05, 0.1) is 7.11 Å². The number of ether oxygens (including phenoxy) is 2. The molecule has 0 aliphatic heterocycles. The van der Waals surface area contributed by atoms with E-state index in [1.807, 2.05) is 24.3 Å². The van der Waals surface area contributed by atoms with Gasteiger partial charge in [-0.25, -0.2) is 4.79 Å². The molecule has 4 heteroatoms. The van der Waals surface area contributed by atoms with Crippen molar-refractivity contribution in [2.45, 2.75) is 38.6 Å². The number of benzene rings is 1. The van der Waals surface area contributed by atoms with Crippen LogP contribution in [0.5, 0.6) is 5.75 Å². The number of esters is 1. The number of carbonyl (C=O) groups is 1. The summed E-state index contributed by atoms with van der Waals surface area (Å²) in [7, 11) is 1.32. The first-order chi connectivity index (χ1) is 8.92. The van der Waals surface area contributed by atoms with Gasteiger partial charge in [-0.3, -0.25) is 0 Å². The highest BCUT2D eigenvalue weighted by Crippen LogP contribution is 2.28. The summed E-state index contributed by atoms with van der Waals surface area (Å²) in [5.41, 5.74) is 5.87. The van der Waals surface area contributed by atoms with Crippen LogP contribution >= 0.6 is 0 Å². The van der Waals surface area contributed by atoms with E-state index in [2.05, 4.69) is 18.6 Å². The van der Waals surface area contributed by atoms with Crippen molar-refractivity contribution in [3.63, 3.8) is 0 Å². The molecule has 0 bridgehead atoms. The van der Waals surface area contributed by atoms with E-state index < -0.39 is 11.5 Å². The van der Waals surface area contributed by atoms with E-state index in [-0.39, 0.29) is 6.61 Å². The Bertz CT molecular complexity index is 429. The predicted molar refractivity (Wildman–Crippen MR) is 75.3 cm³/mol. The molecule has 4 nitrogen and oxygen atoms in total. The fourth-order valence-corrected chi connectivity index (χ4v) is 1.76. The van der Waals surface area contributed by atoms with Crippen LogP contribution in [0.1, 0.15) is 38.7 Å². The molecule has 0 heterocycles. The smallest absolute Gasteiger partial charge is 0.329 e. The molecule has 0 fully saturated rings. The van der Waals surface area contributed by atoms with Crippen LogP contribution in [0.2, 0.25) is 0 Å². The number of hydrogen-bond donors (Lipinski definition) is 1. The van der Waals surface area contributed by atoms with Crippen molar-refractivity contribution in [2.75, 3.05) is 13.7 Å². The molecule has 1 aromatic rings. The van der Waals surface area contributed by atoms with Crippen LogP contribution in [0.3, 0.4) is 0 Å². The summed E-state index contributed by atoms with van der Waals surface area (Å²) >= 11 is 0. The zero-order valence-corrected chi connectivity index (χ0v) is 12.1. The van der Waals surface area contributed by atoms with Crippen LogP contribution in [0.15, 0.2) is 24.3 Å². The minimum Gasteiger partial charge on any atom is -0.491 e. The summed E-state index contributed by atoms with van der Waals surface area (Å²) in [6.45, 7) is 5.96. The van der Waals surface area contributed by atoms with Crippen LogP contribution in [0.25, 0.3) is 0 Å². The molecule has 0 aliphatic carbocycles.